The van der Waals surface area contributed by atoms with Crippen molar-refractivity contribution in [2.24, 2.45) is 0 Å². The van der Waals surface area contributed by atoms with Gasteiger partial charge in [0, 0.05) is 5.56 Å². The van der Waals surface area contributed by atoms with Crippen molar-refractivity contribution in [1.29, 1.82) is 0 Å². The summed E-state index contributed by atoms with van der Waals surface area (Å²) >= 11 is 6.59. The molecule has 0 bridgehead atoms. The average Bonchev–Trinajstić information content (AvgIpc) is 2.15. The second-order valence-corrected chi connectivity index (χ2v) is 3.92. The van der Waals surface area contributed by atoms with E-state index in [1.807, 2.05) is 19.1 Å². The van der Waals surface area contributed by atoms with Gasteiger partial charge >= 0.3 is 0 Å². The Bertz CT molecular complexity index is 286. The molecular formula is C9H10ClNOS. The monoisotopic (exact) mass is 215 g/mol. The van der Waals surface area contributed by atoms with Gasteiger partial charge in [0.2, 0.25) is 0 Å². The second kappa shape index (κ2) is 5.14. The van der Waals surface area contributed by atoms with Gasteiger partial charge in [0.05, 0.1) is 5.21 Å². The van der Waals surface area contributed by atoms with Crippen LogP contribution < -0.4 is 4.72 Å². The third-order valence-electron chi connectivity index (χ3n) is 1.53. The number of carbonyl (C=O) groups is 1. The van der Waals surface area contributed by atoms with Crippen LogP contribution in [0.1, 0.15) is 15.9 Å². The summed E-state index contributed by atoms with van der Waals surface area (Å²) in [5, 5.41) is 0.359. The molecule has 0 aromatic heterocycles. The Morgan fingerprint density at radius 1 is 1.46 bits per heavy atom. The summed E-state index contributed by atoms with van der Waals surface area (Å²) in [7, 11) is 0. The van der Waals surface area contributed by atoms with E-state index in [9.17, 15) is 4.79 Å². The molecule has 0 radical (unpaired) electrons. The van der Waals surface area contributed by atoms with Gasteiger partial charge in [0.15, 0.2) is 0 Å². The predicted octanol–water partition coefficient (Wildman–Crippen LogP) is 2.57. The largest absolute Gasteiger partial charge is 0.295 e. The van der Waals surface area contributed by atoms with E-state index in [2.05, 4.69) is 4.72 Å². The molecule has 2 nitrogen and oxygen atoms in total. The summed E-state index contributed by atoms with van der Waals surface area (Å²) in [6.07, 6.45) is 0. The van der Waals surface area contributed by atoms with Crippen LogP contribution in [-0.2, 0) is 0 Å². The maximum Gasteiger partial charge on any atom is 0.261 e. The molecule has 1 aromatic carbocycles. The standard InChI is InChI=1S/C9H10ClNOS/c1-7-2-4-8(5-3-7)9(12)11-13-6-10/h2-5H,6H2,1H3,(H,11,12). The zero-order valence-corrected chi connectivity index (χ0v) is 8.78. The van der Waals surface area contributed by atoms with Crippen LogP contribution >= 0.6 is 23.5 Å². The lowest BCUT2D eigenvalue weighted by Gasteiger charge is -2.01. The molecule has 0 spiro atoms. The Hall–Kier alpha value is -0.670. The first kappa shape index (κ1) is 10.4. The number of amides is 1. The highest BCUT2D eigenvalue weighted by molar-refractivity contribution is 7.99. The van der Waals surface area contributed by atoms with Gasteiger partial charge in [-0.05, 0) is 31.0 Å². The van der Waals surface area contributed by atoms with Crippen molar-refractivity contribution in [1.82, 2.24) is 4.72 Å². The minimum atomic E-state index is -0.106. The molecule has 0 aliphatic heterocycles. The lowest BCUT2D eigenvalue weighted by Crippen LogP contribution is -2.15. The number of rotatable bonds is 3. The van der Waals surface area contributed by atoms with Crippen molar-refractivity contribution in [3.05, 3.63) is 35.4 Å². The lowest BCUT2D eigenvalue weighted by atomic mass is 10.1. The van der Waals surface area contributed by atoms with Gasteiger partial charge in [-0.3, -0.25) is 9.52 Å². The van der Waals surface area contributed by atoms with E-state index in [1.165, 1.54) is 11.9 Å². The first-order chi connectivity index (χ1) is 6.24. The summed E-state index contributed by atoms with van der Waals surface area (Å²) in [5.74, 6) is -0.106. The van der Waals surface area contributed by atoms with Gasteiger partial charge in [-0.25, -0.2) is 0 Å². The molecule has 0 aliphatic rings. The molecule has 0 heterocycles. The number of nitrogens with one attached hydrogen (secondary N) is 1. The molecular weight excluding hydrogens is 206 g/mol. The van der Waals surface area contributed by atoms with Crippen LogP contribution in [0.2, 0.25) is 0 Å². The number of carbonyl (C=O) groups excluding carboxylic acids is 1. The number of halogens is 1. The number of alkyl halides is 1. The summed E-state index contributed by atoms with van der Waals surface area (Å²) < 4.78 is 2.61. The highest BCUT2D eigenvalue weighted by Crippen LogP contribution is 2.05. The van der Waals surface area contributed by atoms with E-state index in [0.717, 1.165) is 5.56 Å². The number of hydrogen-bond acceptors (Lipinski definition) is 2. The fourth-order valence-electron chi connectivity index (χ4n) is 0.857. The molecule has 4 heteroatoms. The number of hydrogen-bond donors (Lipinski definition) is 1. The van der Waals surface area contributed by atoms with Gasteiger partial charge in [-0.15, -0.1) is 11.6 Å². The van der Waals surface area contributed by atoms with Crippen LogP contribution in [0, 0.1) is 6.92 Å². The van der Waals surface area contributed by atoms with Crippen molar-refractivity contribution < 1.29 is 4.79 Å². The van der Waals surface area contributed by atoms with Crippen LogP contribution in [0.25, 0.3) is 0 Å². The molecule has 1 N–H and O–H groups in total. The molecule has 0 unspecified atom stereocenters. The van der Waals surface area contributed by atoms with Crippen molar-refractivity contribution in [2.75, 3.05) is 5.21 Å². The molecule has 0 saturated heterocycles. The molecule has 1 amide bonds. The quantitative estimate of drug-likeness (QED) is 0.620. The zero-order chi connectivity index (χ0) is 9.68. The third kappa shape index (κ3) is 3.28. The van der Waals surface area contributed by atoms with Gasteiger partial charge in [-0.1, -0.05) is 17.7 Å². The highest BCUT2D eigenvalue weighted by Gasteiger charge is 2.02. The Kier molecular flexibility index (Phi) is 4.12. The highest BCUT2D eigenvalue weighted by atomic mass is 35.5. The predicted molar refractivity (Wildman–Crippen MR) is 57.0 cm³/mol. The van der Waals surface area contributed by atoms with Gasteiger partial charge in [0.1, 0.15) is 0 Å². The number of aryl methyl sites for hydroxylation is 1. The molecule has 0 aliphatic carbocycles. The van der Waals surface area contributed by atoms with Crippen LogP contribution in [0.5, 0.6) is 0 Å². The van der Waals surface area contributed by atoms with E-state index < -0.39 is 0 Å². The summed E-state index contributed by atoms with van der Waals surface area (Å²) in [6.45, 7) is 1.98. The summed E-state index contributed by atoms with van der Waals surface area (Å²) in [5.41, 5.74) is 1.80. The SMILES string of the molecule is Cc1ccc(C(=O)NSCCl)cc1. The average molecular weight is 216 g/mol. The molecule has 70 valence electrons. The zero-order valence-electron chi connectivity index (χ0n) is 7.21. The normalized spacial score (nSPS) is 9.69. The summed E-state index contributed by atoms with van der Waals surface area (Å²) in [4.78, 5) is 11.3. The minimum absolute atomic E-state index is 0.106. The van der Waals surface area contributed by atoms with E-state index in [-0.39, 0.29) is 5.91 Å². The van der Waals surface area contributed by atoms with Gasteiger partial charge in [0.25, 0.3) is 5.91 Å². The molecule has 1 rings (SSSR count). The summed E-state index contributed by atoms with van der Waals surface area (Å²) in [6, 6.07) is 7.39. The van der Waals surface area contributed by atoms with Crippen molar-refractivity contribution in [3.63, 3.8) is 0 Å². The second-order valence-electron chi connectivity index (χ2n) is 2.55. The maximum atomic E-state index is 11.3. The number of benzene rings is 1. The van der Waals surface area contributed by atoms with Crippen LogP contribution in [0.4, 0.5) is 0 Å². The van der Waals surface area contributed by atoms with E-state index in [1.54, 1.807) is 12.1 Å². The molecule has 0 saturated carbocycles. The van der Waals surface area contributed by atoms with Crippen LogP contribution in [-0.4, -0.2) is 11.1 Å². The van der Waals surface area contributed by atoms with Gasteiger partial charge < -0.3 is 0 Å². The van der Waals surface area contributed by atoms with Crippen molar-refractivity contribution in [2.45, 2.75) is 6.92 Å². The fourth-order valence-corrected chi connectivity index (χ4v) is 1.32. The van der Waals surface area contributed by atoms with Crippen molar-refractivity contribution >= 4 is 29.5 Å². The lowest BCUT2D eigenvalue weighted by molar-refractivity contribution is 0.0984. The van der Waals surface area contributed by atoms with E-state index >= 15 is 0 Å². The van der Waals surface area contributed by atoms with E-state index in [0.29, 0.717) is 10.8 Å². The maximum absolute atomic E-state index is 11.3. The minimum Gasteiger partial charge on any atom is -0.295 e. The first-order valence-corrected chi connectivity index (χ1v) is 5.31. The smallest absolute Gasteiger partial charge is 0.261 e. The molecule has 13 heavy (non-hydrogen) atoms. The Morgan fingerprint density at radius 3 is 2.62 bits per heavy atom. The molecule has 0 atom stereocenters. The third-order valence-corrected chi connectivity index (χ3v) is 2.30. The molecule has 0 fully saturated rings. The van der Waals surface area contributed by atoms with Gasteiger partial charge in [-0.2, -0.15) is 0 Å². The Balaban J connectivity index is 2.61. The molecule has 1 aromatic rings. The van der Waals surface area contributed by atoms with Crippen molar-refractivity contribution in [3.8, 4) is 0 Å². The van der Waals surface area contributed by atoms with E-state index in [4.69, 9.17) is 11.6 Å². The first-order valence-electron chi connectivity index (χ1n) is 3.79. The van der Waals surface area contributed by atoms with Crippen LogP contribution in [0.15, 0.2) is 24.3 Å². The fraction of sp³-hybridized carbons (Fsp3) is 0.222. The Labute approximate surface area is 86.8 Å². The Morgan fingerprint density at radius 2 is 2.08 bits per heavy atom. The van der Waals surface area contributed by atoms with Crippen LogP contribution in [0.3, 0.4) is 0 Å². The topological polar surface area (TPSA) is 29.1 Å².